The average Bonchev–Trinajstić information content (AvgIpc) is 2.61. The number of rotatable bonds is 5. The molecule has 0 saturated carbocycles. The first-order valence-electron chi connectivity index (χ1n) is 9.72. The monoisotopic (exact) mass is 400 g/mol. The first-order chi connectivity index (χ1) is 13.3. The molecule has 150 valence electrons. The van der Waals surface area contributed by atoms with E-state index in [1.807, 2.05) is 39.0 Å². The summed E-state index contributed by atoms with van der Waals surface area (Å²) in [4.78, 5) is 12.9. The van der Waals surface area contributed by atoms with Crippen molar-refractivity contribution in [3.05, 3.63) is 59.2 Å². The molecule has 1 fully saturated rings. The Morgan fingerprint density at radius 1 is 1.00 bits per heavy atom. The topological polar surface area (TPSA) is 66.5 Å². The summed E-state index contributed by atoms with van der Waals surface area (Å²) in [6, 6.07) is 12.5. The molecule has 1 atom stereocenters. The number of hydrogen-bond acceptors (Lipinski definition) is 3. The van der Waals surface area contributed by atoms with E-state index in [-0.39, 0.29) is 18.4 Å². The summed E-state index contributed by atoms with van der Waals surface area (Å²) < 4.78 is 27.8. The van der Waals surface area contributed by atoms with Crippen molar-refractivity contribution in [2.75, 3.05) is 11.9 Å². The molecular formula is C22H28N2O3S. The van der Waals surface area contributed by atoms with Crippen LogP contribution < -0.4 is 5.32 Å². The van der Waals surface area contributed by atoms with Crippen molar-refractivity contribution >= 4 is 21.6 Å². The molecule has 1 N–H and O–H groups in total. The second-order valence-corrected chi connectivity index (χ2v) is 9.60. The Kier molecular flexibility index (Phi) is 6.20. The Labute approximate surface area is 167 Å². The summed E-state index contributed by atoms with van der Waals surface area (Å²) in [6.45, 7) is 6.36. The van der Waals surface area contributed by atoms with Gasteiger partial charge in [0.25, 0.3) is 0 Å². The molecule has 2 aromatic rings. The molecule has 28 heavy (non-hydrogen) atoms. The Balaban J connectivity index is 1.75. The molecule has 0 aromatic heterocycles. The molecule has 2 aromatic carbocycles. The van der Waals surface area contributed by atoms with Crippen molar-refractivity contribution < 1.29 is 13.2 Å². The van der Waals surface area contributed by atoms with E-state index in [4.69, 9.17) is 0 Å². The van der Waals surface area contributed by atoms with Crippen LogP contribution in [0.2, 0.25) is 0 Å². The van der Waals surface area contributed by atoms with Gasteiger partial charge < -0.3 is 5.32 Å². The molecule has 5 nitrogen and oxygen atoms in total. The summed E-state index contributed by atoms with van der Waals surface area (Å²) in [5.74, 6) is -0.152. The van der Waals surface area contributed by atoms with E-state index in [0.717, 1.165) is 35.2 Å². The van der Waals surface area contributed by atoms with E-state index < -0.39 is 10.0 Å². The SMILES string of the molecule is Cc1ccc(S(=O)(=O)N2CCCCC2CC(=O)Nc2cc(C)cc(C)c2)cc1. The number of carbonyl (C=O) groups is 1. The van der Waals surface area contributed by atoms with Gasteiger partial charge in [-0.05, 0) is 69.0 Å². The molecule has 1 unspecified atom stereocenters. The van der Waals surface area contributed by atoms with Gasteiger partial charge in [-0.2, -0.15) is 4.31 Å². The lowest BCUT2D eigenvalue weighted by molar-refractivity contribution is -0.117. The van der Waals surface area contributed by atoms with Crippen LogP contribution in [0, 0.1) is 20.8 Å². The zero-order chi connectivity index (χ0) is 20.3. The van der Waals surface area contributed by atoms with Crippen LogP contribution in [0.15, 0.2) is 47.4 Å². The molecule has 1 saturated heterocycles. The van der Waals surface area contributed by atoms with E-state index in [9.17, 15) is 13.2 Å². The first-order valence-corrected chi connectivity index (χ1v) is 11.2. The second-order valence-electron chi connectivity index (χ2n) is 7.71. The van der Waals surface area contributed by atoms with Crippen molar-refractivity contribution in [2.24, 2.45) is 0 Å². The lowest BCUT2D eigenvalue weighted by Gasteiger charge is -2.34. The minimum Gasteiger partial charge on any atom is -0.326 e. The molecule has 1 amide bonds. The average molecular weight is 401 g/mol. The summed E-state index contributed by atoms with van der Waals surface area (Å²) in [7, 11) is -3.61. The van der Waals surface area contributed by atoms with Crippen molar-refractivity contribution in [1.82, 2.24) is 4.31 Å². The summed E-state index contributed by atoms with van der Waals surface area (Å²) in [6.07, 6.45) is 2.62. The molecule has 3 rings (SSSR count). The highest BCUT2D eigenvalue weighted by molar-refractivity contribution is 7.89. The fraction of sp³-hybridized carbons (Fsp3) is 0.409. The molecule has 0 aliphatic carbocycles. The predicted octanol–water partition coefficient (Wildman–Crippen LogP) is 4.18. The zero-order valence-corrected chi connectivity index (χ0v) is 17.6. The fourth-order valence-corrected chi connectivity index (χ4v) is 5.51. The van der Waals surface area contributed by atoms with Gasteiger partial charge in [0.2, 0.25) is 15.9 Å². The Bertz CT molecular complexity index is 932. The molecule has 1 heterocycles. The summed E-state index contributed by atoms with van der Waals surface area (Å²) in [5, 5.41) is 2.93. The lowest BCUT2D eigenvalue weighted by atomic mass is 10.0. The maximum atomic E-state index is 13.1. The third-order valence-corrected chi connectivity index (χ3v) is 7.09. The van der Waals surface area contributed by atoms with Crippen LogP contribution in [0.3, 0.4) is 0 Å². The highest BCUT2D eigenvalue weighted by Gasteiger charge is 2.34. The van der Waals surface area contributed by atoms with Crippen LogP contribution in [0.1, 0.15) is 42.4 Å². The Morgan fingerprint density at radius 3 is 2.29 bits per heavy atom. The van der Waals surface area contributed by atoms with E-state index in [1.165, 1.54) is 4.31 Å². The molecular weight excluding hydrogens is 372 g/mol. The van der Waals surface area contributed by atoms with Crippen molar-refractivity contribution in [2.45, 2.75) is 57.4 Å². The second kappa shape index (κ2) is 8.45. The van der Waals surface area contributed by atoms with Gasteiger partial charge >= 0.3 is 0 Å². The van der Waals surface area contributed by atoms with E-state index in [1.54, 1.807) is 24.3 Å². The highest BCUT2D eigenvalue weighted by atomic mass is 32.2. The number of piperidine rings is 1. The van der Waals surface area contributed by atoms with Gasteiger partial charge in [0, 0.05) is 24.7 Å². The Hall–Kier alpha value is -2.18. The largest absolute Gasteiger partial charge is 0.326 e. The van der Waals surface area contributed by atoms with Crippen molar-refractivity contribution in [3.8, 4) is 0 Å². The molecule has 0 radical (unpaired) electrons. The predicted molar refractivity (Wildman–Crippen MR) is 112 cm³/mol. The van der Waals surface area contributed by atoms with Crippen LogP contribution in [-0.4, -0.2) is 31.2 Å². The highest BCUT2D eigenvalue weighted by Crippen LogP contribution is 2.27. The van der Waals surface area contributed by atoms with Crippen LogP contribution >= 0.6 is 0 Å². The van der Waals surface area contributed by atoms with Gasteiger partial charge in [0.1, 0.15) is 0 Å². The molecule has 6 heteroatoms. The maximum Gasteiger partial charge on any atom is 0.243 e. The normalized spacial score (nSPS) is 18.0. The quantitative estimate of drug-likeness (QED) is 0.819. The maximum absolute atomic E-state index is 13.1. The van der Waals surface area contributed by atoms with Crippen LogP contribution in [0.4, 0.5) is 5.69 Å². The van der Waals surface area contributed by atoms with E-state index in [0.29, 0.717) is 17.9 Å². The van der Waals surface area contributed by atoms with Crippen LogP contribution in [0.5, 0.6) is 0 Å². The number of benzene rings is 2. The van der Waals surface area contributed by atoms with Crippen LogP contribution in [-0.2, 0) is 14.8 Å². The third kappa shape index (κ3) is 4.80. The standard InChI is InChI=1S/C22H28N2O3S/c1-16-7-9-21(10-8-16)28(26,27)24-11-5-4-6-20(24)15-22(25)23-19-13-17(2)12-18(3)14-19/h7-10,12-14,20H,4-6,11,15H2,1-3H3,(H,23,25). The molecule has 1 aliphatic heterocycles. The van der Waals surface area contributed by atoms with Gasteiger partial charge in [0.15, 0.2) is 0 Å². The van der Waals surface area contributed by atoms with E-state index >= 15 is 0 Å². The van der Waals surface area contributed by atoms with Gasteiger partial charge in [-0.15, -0.1) is 0 Å². The zero-order valence-electron chi connectivity index (χ0n) is 16.7. The van der Waals surface area contributed by atoms with E-state index in [2.05, 4.69) is 5.32 Å². The number of aryl methyl sites for hydroxylation is 3. The fourth-order valence-electron chi connectivity index (χ4n) is 3.81. The van der Waals surface area contributed by atoms with Gasteiger partial charge in [-0.25, -0.2) is 8.42 Å². The number of carbonyl (C=O) groups excluding carboxylic acids is 1. The van der Waals surface area contributed by atoms with Gasteiger partial charge in [-0.1, -0.05) is 30.2 Å². The third-order valence-electron chi connectivity index (χ3n) is 5.13. The number of hydrogen-bond donors (Lipinski definition) is 1. The van der Waals surface area contributed by atoms with Crippen LogP contribution in [0.25, 0.3) is 0 Å². The number of amides is 1. The van der Waals surface area contributed by atoms with Crippen molar-refractivity contribution in [1.29, 1.82) is 0 Å². The Morgan fingerprint density at radius 2 is 1.64 bits per heavy atom. The first kappa shape index (κ1) is 20.6. The lowest BCUT2D eigenvalue weighted by Crippen LogP contribution is -2.45. The van der Waals surface area contributed by atoms with Gasteiger partial charge in [0.05, 0.1) is 4.90 Å². The molecule has 0 bridgehead atoms. The number of nitrogens with zero attached hydrogens (tertiary/aromatic N) is 1. The number of sulfonamides is 1. The van der Waals surface area contributed by atoms with Crippen molar-refractivity contribution in [3.63, 3.8) is 0 Å². The summed E-state index contributed by atoms with van der Waals surface area (Å²) >= 11 is 0. The summed E-state index contributed by atoms with van der Waals surface area (Å²) in [5.41, 5.74) is 3.93. The number of nitrogens with one attached hydrogen (secondary N) is 1. The molecule has 0 spiro atoms. The van der Waals surface area contributed by atoms with Gasteiger partial charge in [-0.3, -0.25) is 4.79 Å². The minimum absolute atomic E-state index is 0.152. The number of anilines is 1. The molecule has 1 aliphatic rings. The smallest absolute Gasteiger partial charge is 0.243 e. The minimum atomic E-state index is -3.61.